The van der Waals surface area contributed by atoms with Gasteiger partial charge in [0.15, 0.2) is 0 Å². The Balaban J connectivity index is 1.25. The lowest BCUT2D eigenvalue weighted by Gasteiger charge is -2.37. The average Bonchev–Trinajstić information content (AvgIpc) is 2.75. The third-order valence-corrected chi connectivity index (χ3v) is 6.41. The van der Waals surface area contributed by atoms with E-state index in [4.69, 9.17) is 4.74 Å². The highest BCUT2D eigenvalue weighted by molar-refractivity contribution is 9.10. The summed E-state index contributed by atoms with van der Waals surface area (Å²) in [6, 6.07) is 18.9. The molecule has 3 aromatic rings. The molecule has 0 saturated carbocycles. The van der Waals surface area contributed by atoms with Crippen molar-refractivity contribution in [1.29, 1.82) is 0 Å². The lowest BCUT2D eigenvalue weighted by atomic mass is 10.1. The smallest absolute Gasteiger partial charge is 0.120 e. The predicted molar refractivity (Wildman–Crippen MR) is 128 cm³/mol. The lowest BCUT2D eigenvalue weighted by Crippen LogP contribution is -2.49. The van der Waals surface area contributed by atoms with E-state index in [2.05, 4.69) is 69.9 Å². The summed E-state index contributed by atoms with van der Waals surface area (Å²) in [4.78, 5) is 4.75. The third kappa shape index (κ3) is 5.15. The summed E-state index contributed by atoms with van der Waals surface area (Å²) in [5.74, 6) is 0.795. The van der Waals surface area contributed by atoms with Crippen LogP contribution in [0.1, 0.15) is 11.1 Å². The Morgan fingerprint density at radius 1 is 0.900 bits per heavy atom. The van der Waals surface area contributed by atoms with Crippen molar-refractivity contribution in [1.82, 2.24) is 4.90 Å². The molecule has 30 heavy (non-hydrogen) atoms. The fraction of sp³-hybridized carbons (Fsp3) is 0.360. The molecule has 4 nitrogen and oxygen atoms in total. The van der Waals surface area contributed by atoms with Gasteiger partial charge in [0.25, 0.3) is 0 Å². The highest BCUT2D eigenvalue weighted by Crippen LogP contribution is 2.24. The number of rotatable bonds is 6. The number of hydrogen-bond acceptors (Lipinski definition) is 4. The summed E-state index contributed by atoms with van der Waals surface area (Å²) in [5, 5.41) is 12.8. The van der Waals surface area contributed by atoms with Crippen molar-refractivity contribution in [2.24, 2.45) is 0 Å². The topological polar surface area (TPSA) is 35.9 Å². The molecule has 0 bridgehead atoms. The minimum absolute atomic E-state index is 0.305. The number of anilines is 1. The number of piperazine rings is 1. The van der Waals surface area contributed by atoms with E-state index in [1.807, 2.05) is 24.3 Å². The molecule has 1 atom stereocenters. The molecule has 1 heterocycles. The fourth-order valence-corrected chi connectivity index (χ4v) is 4.32. The Hall–Kier alpha value is -2.08. The first-order chi connectivity index (χ1) is 14.5. The second kappa shape index (κ2) is 9.38. The van der Waals surface area contributed by atoms with Crippen LogP contribution < -0.4 is 9.64 Å². The Morgan fingerprint density at radius 3 is 2.40 bits per heavy atom. The molecule has 5 heteroatoms. The van der Waals surface area contributed by atoms with E-state index >= 15 is 0 Å². The van der Waals surface area contributed by atoms with E-state index in [0.29, 0.717) is 13.2 Å². The number of β-amino-alcohol motifs (C(OH)–C–C–N with tert-alkyl or cyclic N) is 1. The van der Waals surface area contributed by atoms with Crippen molar-refractivity contribution >= 4 is 32.4 Å². The number of aryl methyl sites for hydroxylation is 2. The predicted octanol–water partition coefficient (Wildman–Crippen LogP) is 4.78. The van der Waals surface area contributed by atoms with Gasteiger partial charge in [-0.3, -0.25) is 4.90 Å². The Labute approximate surface area is 187 Å². The maximum Gasteiger partial charge on any atom is 0.120 e. The zero-order valence-corrected chi connectivity index (χ0v) is 19.2. The fourth-order valence-electron chi connectivity index (χ4n) is 3.94. The van der Waals surface area contributed by atoms with Gasteiger partial charge in [-0.2, -0.15) is 0 Å². The van der Waals surface area contributed by atoms with Crippen molar-refractivity contribution in [3.63, 3.8) is 0 Å². The van der Waals surface area contributed by atoms with E-state index in [-0.39, 0.29) is 0 Å². The number of nitrogens with zero attached hydrogens (tertiary/aromatic N) is 2. The number of aliphatic hydroxyl groups excluding tert-OH is 1. The maximum absolute atomic E-state index is 10.5. The monoisotopic (exact) mass is 468 g/mol. The van der Waals surface area contributed by atoms with Gasteiger partial charge in [-0.05, 0) is 72.1 Å². The van der Waals surface area contributed by atoms with Crippen LogP contribution in [0.5, 0.6) is 5.75 Å². The molecule has 0 radical (unpaired) electrons. The third-order valence-electron chi connectivity index (χ3n) is 5.91. The van der Waals surface area contributed by atoms with Crippen LogP contribution in [0.15, 0.2) is 59.1 Å². The van der Waals surface area contributed by atoms with Crippen molar-refractivity contribution in [2.45, 2.75) is 20.0 Å². The molecule has 0 unspecified atom stereocenters. The average molecular weight is 469 g/mol. The maximum atomic E-state index is 10.5. The molecule has 1 aliphatic rings. The zero-order valence-electron chi connectivity index (χ0n) is 17.6. The number of ether oxygens (including phenoxy) is 1. The van der Waals surface area contributed by atoms with Crippen molar-refractivity contribution in [3.05, 3.63) is 70.2 Å². The van der Waals surface area contributed by atoms with Crippen LogP contribution in [0.25, 0.3) is 10.8 Å². The van der Waals surface area contributed by atoms with Crippen LogP contribution >= 0.6 is 15.9 Å². The van der Waals surface area contributed by atoms with Crippen LogP contribution in [0, 0.1) is 13.8 Å². The number of fused-ring (bicyclic) bond motifs is 1. The molecule has 0 amide bonds. The van der Waals surface area contributed by atoms with Gasteiger partial charge in [0, 0.05) is 42.9 Å². The summed E-state index contributed by atoms with van der Waals surface area (Å²) < 4.78 is 6.93. The standard InChI is InChI=1S/C25H29BrN2O2/c1-18-3-7-23(13-19(18)2)28-11-9-27(10-12-28)16-24(29)17-30-25-8-5-20-14-22(26)6-4-21(20)15-25/h3-8,13-15,24,29H,9-12,16-17H2,1-2H3/t24-/m0/s1. The van der Waals surface area contributed by atoms with Crippen LogP contribution in [0.3, 0.4) is 0 Å². The number of aliphatic hydroxyl groups is 1. The minimum atomic E-state index is -0.501. The van der Waals surface area contributed by atoms with E-state index in [0.717, 1.165) is 41.8 Å². The first-order valence-corrected chi connectivity index (χ1v) is 11.3. The quantitative estimate of drug-likeness (QED) is 0.564. The molecule has 3 aromatic carbocycles. The lowest BCUT2D eigenvalue weighted by molar-refractivity contribution is 0.0663. The van der Waals surface area contributed by atoms with Crippen LogP contribution in [0.4, 0.5) is 5.69 Å². The Morgan fingerprint density at radius 2 is 1.63 bits per heavy atom. The molecule has 0 aliphatic carbocycles. The number of hydrogen-bond donors (Lipinski definition) is 1. The number of halogens is 1. The van der Waals surface area contributed by atoms with Gasteiger partial charge < -0.3 is 14.7 Å². The first-order valence-electron chi connectivity index (χ1n) is 10.5. The SMILES string of the molecule is Cc1ccc(N2CCN(C[C@H](O)COc3ccc4cc(Br)ccc4c3)CC2)cc1C. The van der Waals surface area contributed by atoms with Gasteiger partial charge in [0.1, 0.15) is 18.5 Å². The van der Waals surface area contributed by atoms with Crippen LogP contribution in [0.2, 0.25) is 0 Å². The van der Waals surface area contributed by atoms with E-state index in [1.165, 1.54) is 22.2 Å². The van der Waals surface area contributed by atoms with Gasteiger partial charge in [0.05, 0.1) is 0 Å². The van der Waals surface area contributed by atoms with Gasteiger partial charge in [0.2, 0.25) is 0 Å². The molecule has 1 aliphatic heterocycles. The summed E-state index contributed by atoms with van der Waals surface area (Å²) >= 11 is 3.50. The molecular formula is C25H29BrN2O2. The van der Waals surface area contributed by atoms with Crippen LogP contribution in [-0.2, 0) is 0 Å². The normalized spacial score (nSPS) is 16.1. The van der Waals surface area contributed by atoms with E-state index < -0.39 is 6.10 Å². The molecule has 0 aromatic heterocycles. The second-order valence-electron chi connectivity index (χ2n) is 8.17. The Kier molecular flexibility index (Phi) is 6.61. The summed E-state index contributed by atoms with van der Waals surface area (Å²) in [6.45, 7) is 9.13. The molecule has 1 fully saturated rings. The second-order valence-corrected chi connectivity index (χ2v) is 9.09. The highest BCUT2D eigenvalue weighted by atomic mass is 79.9. The largest absolute Gasteiger partial charge is 0.491 e. The van der Waals surface area contributed by atoms with E-state index in [9.17, 15) is 5.11 Å². The van der Waals surface area contributed by atoms with Gasteiger partial charge in [-0.15, -0.1) is 0 Å². The Bertz CT molecular complexity index is 1020. The zero-order chi connectivity index (χ0) is 21.1. The minimum Gasteiger partial charge on any atom is -0.491 e. The molecule has 158 valence electrons. The van der Waals surface area contributed by atoms with Gasteiger partial charge in [-0.1, -0.05) is 34.1 Å². The summed E-state index contributed by atoms with van der Waals surface area (Å²) in [5.41, 5.74) is 3.97. The summed E-state index contributed by atoms with van der Waals surface area (Å²) in [6.07, 6.45) is -0.501. The van der Waals surface area contributed by atoms with E-state index in [1.54, 1.807) is 0 Å². The van der Waals surface area contributed by atoms with Crippen molar-refractivity contribution < 1.29 is 9.84 Å². The molecule has 1 N–H and O–H groups in total. The van der Waals surface area contributed by atoms with Crippen molar-refractivity contribution in [3.8, 4) is 5.75 Å². The molecular weight excluding hydrogens is 440 g/mol. The van der Waals surface area contributed by atoms with Crippen molar-refractivity contribution in [2.75, 3.05) is 44.2 Å². The van der Waals surface area contributed by atoms with Crippen LogP contribution in [-0.4, -0.2) is 55.4 Å². The highest BCUT2D eigenvalue weighted by Gasteiger charge is 2.20. The van der Waals surface area contributed by atoms with Gasteiger partial charge in [-0.25, -0.2) is 0 Å². The molecule has 1 saturated heterocycles. The summed E-state index contributed by atoms with van der Waals surface area (Å²) in [7, 11) is 0. The molecule has 4 rings (SSSR count). The first kappa shape index (κ1) is 21.2. The van der Waals surface area contributed by atoms with Gasteiger partial charge >= 0.3 is 0 Å². The molecule has 0 spiro atoms. The number of benzene rings is 3.